The van der Waals surface area contributed by atoms with Crippen LogP contribution in [0.4, 0.5) is 0 Å². The maximum atomic E-state index is 13.6. The maximum Gasteiger partial charge on any atom is 0.273 e. The van der Waals surface area contributed by atoms with Crippen LogP contribution in [0.1, 0.15) is 40.8 Å². The van der Waals surface area contributed by atoms with Crippen molar-refractivity contribution in [2.75, 3.05) is 13.7 Å². The minimum absolute atomic E-state index is 0.0291. The minimum atomic E-state index is -0.0554. The van der Waals surface area contributed by atoms with Gasteiger partial charge >= 0.3 is 0 Å². The van der Waals surface area contributed by atoms with E-state index in [1.54, 1.807) is 13.3 Å². The molecule has 1 saturated heterocycles. The van der Waals surface area contributed by atoms with Gasteiger partial charge in [-0.05, 0) is 66.6 Å². The van der Waals surface area contributed by atoms with Crippen molar-refractivity contribution < 1.29 is 9.53 Å². The zero-order valence-electron chi connectivity index (χ0n) is 18.3. The van der Waals surface area contributed by atoms with Gasteiger partial charge in [-0.3, -0.25) is 14.8 Å². The van der Waals surface area contributed by atoms with Gasteiger partial charge in [-0.2, -0.15) is 0 Å². The Labute approximate surface area is 187 Å². The van der Waals surface area contributed by atoms with Crippen molar-refractivity contribution in [3.8, 4) is 16.9 Å². The lowest BCUT2D eigenvalue weighted by Gasteiger charge is -2.25. The highest BCUT2D eigenvalue weighted by atomic mass is 16.5. The number of benzene rings is 2. The number of pyridine rings is 2. The molecule has 3 heterocycles. The van der Waals surface area contributed by atoms with Crippen LogP contribution >= 0.6 is 0 Å². The molecule has 0 N–H and O–H groups in total. The predicted molar refractivity (Wildman–Crippen MR) is 126 cm³/mol. The van der Waals surface area contributed by atoms with E-state index in [1.807, 2.05) is 54.3 Å². The van der Waals surface area contributed by atoms with Crippen LogP contribution < -0.4 is 4.74 Å². The molecule has 0 unspecified atom stereocenters. The summed E-state index contributed by atoms with van der Waals surface area (Å²) >= 11 is 0. The number of aryl methyl sites for hydroxylation is 1. The molecule has 2 aromatic heterocycles. The SMILES string of the molecule is COc1ccc(-c2cc(C)nc([C@H]3CCCN3C(=O)c3nccc4ccccc34)c2)cc1. The zero-order valence-corrected chi connectivity index (χ0v) is 18.3. The summed E-state index contributed by atoms with van der Waals surface area (Å²) in [5.74, 6) is 0.800. The molecule has 0 saturated carbocycles. The van der Waals surface area contributed by atoms with Crippen molar-refractivity contribution in [2.24, 2.45) is 0 Å². The molecule has 0 spiro atoms. The molecular weight excluding hydrogens is 398 g/mol. The van der Waals surface area contributed by atoms with Crippen LogP contribution in [0, 0.1) is 6.92 Å². The van der Waals surface area contributed by atoms with Crippen LogP contribution in [0.25, 0.3) is 21.9 Å². The van der Waals surface area contributed by atoms with Crippen LogP contribution in [-0.4, -0.2) is 34.4 Å². The number of ether oxygens (including phenoxy) is 1. The summed E-state index contributed by atoms with van der Waals surface area (Å²) in [7, 11) is 1.67. The summed E-state index contributed by atoms with van der Waals surface area (Å²) < 4.78 is 5.28. The Morgan fingerprint density at radius 1 is 1.03 bits per heavy atom. The molecule has 32 heavy (non-hydrogen) atoms. The van der Waals surface area contributed by atoms with Gasteiger partial charge in [0.25, 0.3) is 5.91 Å². The predicted octanol–water partition coefficient (Wildman–Crippen LogP) is 5.59. The van der Waals surface area contributed by atoms with Gasteiger partial charge in [0.1, 0.15) is 11.4 Å². The molecule has 0 bridgehead atoms. The Hall–Kier alpha value is -3.73. The molecule has 5 heteroatoms. The van der Waals surface area contributed by atoms with E-state index in [1.165, 1.54) is 0 Å². The lowest BCUT2D eigenvalue weighted by molar-refractivity contribution is 0.0729. The fraction of sp³-hybridized carbons (Fsp3) is 0.222. The molecule has 1 aliphatic heterocycles. The van der Waals surface area contributed by atoms with Gasteiger partial charge in [-0.15, -0.1) is 0 Å². The van der Waals surface area contributed by atoms with Crippen molar-refractivity contribution in [2.45, 2.75) is 25.8 Å². The second-order valence-corrected chi connectivity index (χ2v) is 8.19. The van der Waals surface area contributed by atoms with Gasteiger partial charge in [0, 0.05) is 23.8 Å². The highest BCUT2D eigenvalue weighted by Gasteiger charge is 2.33. The number of fused-ring (bicyclic) bond motifs is 1. The van der Waals surface area contributed by atoms with Gasteiger partial charge in [-0.1, -0.05) is 36.4 Å². The molecule has 160 valence electrons. The zero-order chi connectivity index (χ0) is 22.1. The van der Waals surface area contributed by atoms with E-state index in [4.69, 9.17) is 9.72 Å². The molecular formula is C27H25N3O2. The molecule has 2 aromatic carbocycles. The number of aromatic nitrogens is 2. The van der Waals surface area contributed by atoms with Crippen LogP contribution in [-0.2, 0) is 0 Å². The normalized spacial score (nSPS) is 15.8. The second-order valence-electron chi connectivity index (χ2n) is 8.19. The first kappa shape index (κ1) is 20.2. The number of carbonyl (C=O) groups is 1. The first-order valence-corrected chi connectivity index (χ1v) is 10.9. The summed E-state index contributed by atoms with van der Waals surface area (Å²) in [5.41, 5.74) is 4.58. The molecule has 5 rings (SSSR count). The lowest BCUT2D eigenvalue weighted by Crippen LogP contribution is -2.31. The fourth-order valence-corrected chi connectivity index (χ4v) is 4.56. The van der Waals surface area contributed by atoms with E-state index < -0.39 is 0 Å². The third kappa shape index (κ3) is 3.71. The average molecular weight is 424 g/mol. The summed E-state index contributed by atoms with van der Waals surface area (Å²) in [6.45, 7) is 2.71. The summed E-state index contributed by atoms with van der Waals surface area (Å²) in [5, 5.41) is 1.92. The Balaban J connectivity index is 1.50. The monoisotopic (exact) mass is 423 g/mol. The van der Waals surface area contributed by atoms with Crippen molar-refractivity contribution >= 4 is 16.7 Å². The molecule has 1 atom stereocenters. The number of hydrogen-bond acceptors (Lipinski definition) is 4. The van der Waals surface area contributed by atoms with Gasteiger partial charge in [0.15, 0.2) is 0 Å². The molecule has 1 amide bonds. The molecule has 1 aliphatic rings. The summed E-state index contributed by atoms with van der Waals surface area (Å²) in [4.78, 5) is 24.8. The number of likely N-dealkylation sites (tertiary alicyclic amines) is 1. The third-order valence-corrected chi connectivity index (χ3v) is 6.13. The smallest absolute Gasteiger partial charge is 0.273 e. The Morgan fingerprint density at radius 2 is 1.84 bits per heavy atom. The fourth-order valence-electron chi connectivity index (χ4n) is 4.56. The minimum Gasteiger partial charge on any atom is -0.497 e. The van der Waals surface area contributed by atoms with Gasteiger partial charge in [0.05, 0.1) is 18.8 Å². The Kier molecular flexibility index (Phi) is 5.31. The Morgan fingerprint density at radius 3 is 2.66 bits per heavy atom. The topological polar surface area (TPSA) is 55.3 Å². The molecule has 5 nitrogen and oxygen atoms in total. The number of hydrogen-bond donors (Lipinski definition) is 0. The highest BCUT2D eigenvalue weighted by molar-refractivity contribution is 6.05. The number of amides is 1. The number of methoxy groups -OCH3 is 1. The number of nitrogens with zero attached hydrogens (tertiary/aromatic N) is 3. The third-order valence-electron chi connectivity index (χ3n) is 6.13. The van der Waals surface area contributed by atoms with Crippen LogP contribution in [0.3, 0.4) is 0 Å². The maximum absolute atomic E-state index is 13.6. The van der Waals surface area contributed by atoms with Crippen LogP contribution in [0.2, 0.25) is 0 Å². The van der Waals surface area contributed by atoms with E-state index >= 15 is 0 Å². The van der Waals surface area contributed by atoms with Crippen molar-refractivity contribution in [1.29, 1.82) is 0 Å². The second kappa shape index (κ2) is 8.42. The standard InChI is InChI=1S/C27H25N3O2/c1-18-16-21(19-9-11-22(32-2)12-10-19)17-24(29-18)25-8-5-15-30(25)27(31)26-23-7-4-3-6-20(23)13-14-28-26/h3-4,6-7,9-14,16-17,25H,5,8,15H2,1-2H3/t25-/m1/s1. The van der Waals surface area contributed by atoms with E-state index in [-0.39, 0.29) is 11.9 Å². The van der Waals surface area contributed by atoms with Gasteiger partial charge in [-0.25, -0.2) is 0 Å². The molecule has 4 aromatic rings. The average Bonchev–Trinajstić information content (AvgIpc) is 3.33. The van der Waals surface area contributed by atoms with E-state index in [0.717, 1.165) is 51.9 Å². The van der Waals surface area contributed by atoms with Gasteiger partial charge < -0.3 is 9.64 Å². The number of carbonyl (C=O) groups excluding carboxylic acids is 1. The molecule has 0 radical (unpaired) electrons. The van der Waals surface area contributed by atoms with E-state index in [9.17, 15) is 4.79 Å². The van der Waals surface area contributed by atoms with Gasteiger partial charge in [0.2, 0.25) is 0 Å². The van der Waals surface area contributed by atoms with Crippen LogP contribution in [0.5, 0.6) is 5.75 Å². The summed E-state index contributed by atoms with van der Waals surface area (Å²) in [6, 6.07) is 22.0. The summed E-state index contributed by atoms with van der Waals surface area (Å²) in [6.07, 6.45) is 3.57. The largest absolute Gasteiger partial charge is 0.497 e. The first-order valence-electron chi connectivity index (χ1n) is 10.9. The van der Waals surface area contributed by atoms with E-state index in [0.29, 0.717) is 12.2 Å². The van der Waals surface area contributed by atoms with E-state index in [2.05, 4.69) is 29.2 Å². The Bertz CT molecular complexity index is 1280. The van der Waals surface area contributed by atoms with Crippen molar-refractivity contribution in [1.82, 2.24) is 14.9 Å². The quantitative estimate of drug-likeness (QED) is 0.429. The van der Waals surface area contributed by atoms with Crippen molar-refractivity contribution in [3.05, 3.63) is 90.0 Å². The number of rotatable bonds is 4. The molecule has 0 aliphatic carbocycles. The molecule has 1 fully saturated rings. The first-order chi connectivity index (χ1) is 15.6. The van der Waals surface area contributed by atoms with Crippen molar-refractivity contribution in [3.63, 3.8) is 0 Å². The lowest BCUT2D eigenvalue weighted by atomic mass is 10.0. The van der Waals surface area contributed by atoms with Crippen LogP contribution in [0.15, 0.2) is 72.9 Å². The highest BCUT2D eigenvalue weighted by Crippen LogP contribution is 2.35.